The molecule has 2 rings (SSSR count). The highest BCUT2D eigenvalue weighted by molar-refractivity contribution is 9.11. The van der Waals surface area contributed by atoms with E-state index in [-0.39, 0.29) is 5.28 Å². The lowest BCUT2D eigenvalue weighted by Crippen LogP contribution is -1.87. The van der Waals surface area contributed by atoms with Crippen molar-refractivity contribution in [3.05, 3.63) is 30.8 Å². The van der Waals surface area contributed by atoms with E-state index in [9.17, 15) is 0 Å². The zero-order valence-corrected chi connectivity index (χ0v) is 12.5. The van der Waals surface area contributed by atoms with Crippen LogP contribution in [0.15, 0.2) is 21.2 Å². The molecule has 0 fully saturated rings. The lowest BCUT2D eigenvalue weighted by molar-refractivity contribution is 1.16. The summed E-state index contributed by atoms with van der Waals surface area (Å²) in [5.74, 6) is 0. The lowest BCUT2D eigenvalue weighted by Gasteiger charge is -2.01. The molecule has 0 bridgehead atoms. The minimum absolute atomic E-state index is 0.213. The molecule has 0 amide bonds. The topological polar surface area (TPSA) is 25.8 Å². The number of rotatable bonds is 1. The zero-order chi connectivity index (χ0) is 11.0. The fraction of sp³-hybridized carbons (Fsp3) is 0. The molecule has 0 aliphatic rings. The molecule has 0 aliphatic heterocycles. The van der Waals surface area contributed by atoms with Crippen molar-refractivity contribution in [2.75, 3.05) is 0 Å². The summed E-state index contributed by atoms with van der Waals surface area (Å²) in [6.07, 6.45) is 1.62. The summed E-state index contributed by atoms with van der Waals surface area (Å²) in [6, 6.07) is 1.82. The number of aromatic nitrogens is 2. The van der Waals surface area contributed by atoms with Crippen LogP contribution in [0.25, 0.3) is 10.6 Å². The van der Waals surface area contributed by atoms with Crippen LogP contribution in [-0.2, 0) is 0 Å². The zero-order valence-electron chi connectivity index (χ0n) is 6.97. The van der Waals surface area contributed by atoms with E-state index in [1.807, 2.05) is 6.07 Å². The van der Waals surface area contributed by atoms with Crippen molar-refractivity contribution in [1.82, 2.24) is 9.97 Å². The molecule has 2 aromatic rings. The van der Waals surface area contributed by atoms with E-state index >= 15 is 0 Å². The minimum atomic E-state index is 0.213. The number of hydrogen-bond donors (Lipinski definition) is 0. The first kappa shape index (κ1) is 11.8. The van der Waals surface area contributed by atoms with Crippen molar-refractivity contribution in [3.63, 3.8) is 0 Å². The molecule has 0 saturated carbocycles. The van der Waals surface area contributed by atoms with E-state index in [2.05, 4.69) is 41.8 Å². The second kappa shape index (κ2) is 4.67. The van der Waals surface area contributed by atoms with Crippen LogP contribution in [0.3, 0.4) is 0 Å². The van der Waals surface area contributed by atoms with Gasteiger partial charge in [0.25, 0.3) is 0 Å². The average Bonchev–Trinajstić information content (AvgIpc) is 2.50. The molecule has 2 nitrogen and oxygen atoms in total. The highest BCUT2D eigenvalue weighted by Gasteiger charge is 2.13. The average molecular weight is 389 g/mol. The maximum absolute atomic E-state index is 5.90. The highest BCUT2D eigenvalue weighted by atomic mass is 79.9. The van der Waals surface area contributed by atoms with Crippen LogP contribution >= 0.6 is 66.4 Å². The van der Waals surface area contributed by atoms with Crippen LogP contribution < -0.4 is 0 Å². The number of thiophene rings is 1. The second-order valence-electron chi connectivity index (χ2n) is 2.56. The molecular weight excluding hydrogens is 387 g/mol. The highest BCUT2D eigenvalue weighted by Crippen LogP contribution is 2.40. The standard InChI is InChI=1S/C8H2Br2Cl2N2S/c9-3-1-5(11)15-7(3)6-4(10)2-13-8(12)14-6/h1-2H. The number of hydrogen-bond acceptors (Lipinski definition) is 3. The van der Waals surface area contributed by atoms with Gasteiger partial charge in [-0.1, -0.05) is 11.6 Å². The predicted molar refractivity (Wildman–Crippen MR) is 70.8 cm³/mol. The third-order valence-corrected chi connectivity index (χ3v) is 4.51. The quantitative estimate of drug-likeness (QED) is 0.640. The van der Waals surface area contributed by atoms with Gasteiger partial charge in [-0.05, 0) is 49.5 Å². The Kier molecular flexibility index (Phi) is 3.67. The van der Waals surface area contributed by atoms with E-state index in [1.54, 1.807) is 6.20 Å². The van der Waals surface area contributed by atoms with Gasteiger partial charge in [-0.3, -0.25) is 0 Å². The molecular formula is C8H2Br2Cl2N2S. The van der Waals surface area contributed by atoms with Crippen molar-refractivity contribution >= 4 is 66.4 Å². The van der Waals surface area contributed by atoms with Crippen LogP contribution in [0.4, 0.5) is 0 Å². The van der Waals surface area contributed by atoms with Gasteiger partial charge in [0, 0.05) is 10.7 Å². The molecule has 0 unspecified atom stereocenters. The van der Waals surface area contributed by atoms with E-state index in [1.165, 1.54) is 11.3 Å². The van der Waals surface area contributed by atoms with Crippen LogP contribution in [0, 0.1) is 0 Å². The van der Waals surface area contributed by atoms with Gasteiger partial charge in [-0.25, -0.2) is 9.97 Å². The SMILES string of the molecule is Clc1ncc(Br)c(-c2sc(Cl)cc2Br)n1. The summed E-state index contributed by atoms with van der Waals surface area (Å²) >= 11 is 19.9. The molecule has 7 heteroatoms. The molecule has 0 spiro atoms. The molecule has 2 aromatic heterocycles. The number of nitrogens with zero attached hydrogens (tertiary/aromatic N) is 2. The Morgan fingerprint density at radius 3 is 2.53 bits per heavy atom. The van der Waals surface area contributed by atoms with Crippen molar-refractivity contribution < 1.29 is 0 Å². The fourth-order valence-electron chi connectivity index (χ4n) is 1.01. The third-order valence-electron chi connectivity index (χ3n) is 1.59. The molecule has 0 radical (unpaired) electrons. The molecule has 0 atom stereocenters. The van der Waals surface area contributed by atoms with Crippen molar-refractivity contribution in [3.8, 4) is 10.6 Å². The molecule has 0 aromatic carbocycles. The predicted octanol–water partition coefficient (Wildman–Crippen LogP) is 5.04. The van der Waals surface area contributed by atoms with Gasteiger partial charge in [-0.15, -0.1) is 11.3 Å². The smallest absolute Gasteiger partial charge is 0.222 e. The van der Waals surface area contributed by atoms with Gasteiger partial charge >= 0.3 is 0 Å². The lowest BCUT2D eigenvalue weighted by atomic mass is 10.3. The Hall–Kier alpha value is 0.320. The Morgan fingerprint density at radius 2 is 1.93 bits per heavy atom. The molecule has 78 valence electrons. The van der Waals surface area contributed by atoms with E-state index in [4.69, 9.17) is 23.2 Å². The minimum Gasteiger partial charge on any atom is -0.225 e. The first-order valence-corrected chi connectivity index (χ1v) is 6.87. The fourth-order valence-corrected chi connectivity index (χ4v) is 3.72. The molecule has 0 N–H and O–H groups in total. The second-order valence-corrected chi connectivity index (χ2v) is 6.29. The Bertz CT molecular complexity index is 515. The van der Waals surface area contributed by atoms with Gasteiger partial charge in [0.05, 0.1) is 13.7 Å². The first-order chi connectivity index (χ1) is 7.08. The largest absolute Gasteiger partial charge is 0.225 e. The van der Waals surface area contributed by atoms with Gasteiger partial charge in [-0.2, -0.15) is 0 Å². The summed E-state index contributed by atoms with van der Waals surface area (Å²) in [7, 11) is 0. The summed E-state index contributed by atoms with van der Waals surface area (Å²) in [6.45, 7) is 0. The van der Waals surface area contributed by atoms with Crippen molar-refractivity contribution in [2.24, 2.45) is 0 Å². The van der Waals surface area contributed by atoms with Gasteiger partial charge in [0.1, 0.15) is 5.69 Å². The molecule has 0 saturated heterocycles. The van der Waals surface area contributed by atoms with E-state index < -0.39 is 0 Å². The molecule has 2 heterocycles. The third kappa shape index (κ3) is 2.53. The van der Waals surface area contributed by atoms with Crippen LogP contribution in [0.2, 0.25) is 9.62 Å². The van der Waals surface area contributed by atoms with Crippen LogP contribution in [0.1, 0.15) is 0 Å². The molecule has 15 heavy (non-hydrogen) atoms. The summed E-state index contributed by atoms with van der Waals surface area (Å²) in [4.78, 5) is 8.94. The van der Waals surface area contributed by atoms with E-state index in [0.29, 0.717) is 4.34 Å². The summed E-state index contributed by atoms with van der Waals surface area (Å²) < 4.78 is 2.37. The monoisotopic (exact) mass is 386 g/mol. The number of halogens is 4. The van der Waals surface area contributed by atoms with Crippen LogP contribution in [0.5, 0.6) is 0 Å². The Labute approximate surface area is 117 Å². The van der Waals surface area contributed by atoms with Crippen molar-refractivity contribution in [2.45, 2.75) is 0 Å². The van der Waals surface area contributed by atoms with Crippen molar-refractivity contribution in [1.29, 1.82) is 0 Å². The van der Waals surface area contributed by atoms with Gasteiger partial charge < -0.3 is 0 Å². The molecule has 0 aliphatic carbocycles. The Balaban J connectivity index is 2.62. The maximum Gasteiger partial charge on any atom is 0.222 e. The summed E-state index contributed by atoms with van der Waals surface area (Å²) in [5.41, 5.74) is 0.735. The summed E-state index contributed by atoms with van der Waals surface area (Å²) in [5, 5.41) is 0.213. The van der Waals surface area contributed by atoms with Gasteiger partial charge in [0.2, 0.25) is 5.28 Å². The normalized spacial score (nSPS) is 10.7. The Morgan fingerprint density at radius 1 is 1.20 bits per heavy atom. The van der Waals surface area contributed by atoms with Gasteiger partial charge in [0.15, 0.2) is 0 Å². The maximum atomic E-state index is 5.90. The van der Waals surface area contributed by atoms with E-state index in [0.717, 1.165) is 19.5 Å². The van der Waals surface area contributed by atoms with Crippen LogP contribution in [-0.4, -0.2) is 9.97 Å². The first-order valence-electron chi connectivity index (χ1n) is 3.71.